The summed E-state index contributed by atoms with van der Waals surface area (Å²) in [6.07, 6.45) is 33.2. The van der Waals surface area contributed by atoms with Crippen LogP contribution in [0, 0.1) is 0 Å². The summed E-state index contributed by atoms with van der Waals surface area (Å²) in [6.45, 7) is 18.0. The molecule has 0 bridgehead atoms. The normalized spacial score (nSPS) is 19.8. The fourth-order valence-corrected chi connectivity index (χ4v) is 9.73. The molecule has 0 amide bonds. The maximum absolute atomic E-state index is 11.5. The molecular weight excluding hydrogens is 723 g/mol. The van der Waals surface area contributed by atoms with E-state index in [0.29, 0.717) is 0 Å². The van der Waals surface area contributed by atoms with Crippen molar-refractivity contribution in [3.05, 3.63) is 119 Å². The molecule has 2 aromatic rings. The van der Waals surface area contributed by atoms with E-state index in [-0.39, 0.29) is 17.4 Å². The molecule has 0 radical (unpaired) electrons. The maximum atomic E-state index is 11.5. The Balaban J connectivity index is 1.39. The highest BCUT2D eigenvalue weighted by Crippen LogP contribution is 2.48. The monoisotopic (exact) mass is 803 g/mol. The van der Waals surface area contributed by atoms with Crippen molar-refractivity contribution in [2.75, 3.05) is 24.6 Å². The van der Waals surface area contributed by atoms with Gasteiger partial charge in [0.2, 0.25) is 5.69 Å². The first-order chi connectivity index (χ1) is 28.6. The highest BCUT2D eigenvalue weighted by Gasteiger charge is 2.44. The van der Waals surface area contributed by atoms with Crippen LogP contribution in [0.1, 0.15) is 169 Å². The molecule has 3 N–H and O–H groups in total. The predicted octanol–water partition coefficient (Wildman–Crippen LogP) is 13.1. The van der Waals surface area contributed by atoms with E-state index >= 15 is 0 Å². The molecule has 59 heavy (non-hydrogen) atoms. The second-order valence-corrected chi connectivity index (χ2v) is 18.5. The van der Waals surface area contributed by atoms with Crippen molar-refractivity contribution < 1.29 is 14.8 Å². The molecule has 0 unspecified atom stereocenters. The van der Waals surface area contributed by atoms with Crippen LogP contribution in [-0.4, -0.2) is 52.3 Å². The van der Waals surface area contributed by atoms with Gasteiger partial charge in [0.1, 0.15) is 6.54 Å². The van der Waals surface area contributed by atoms with Crippen molar-refractivity contribution >= 4 is 17.1 Å². The number of aliphatic hydroxyl groups excluding tert-OH is 2. The van der Waals surface area contributed by atoms with Gasteiger partial charge in [-0.25, -0.2) is 0 Å². The van der Waals surface area contributed by atoms with Gasteiger partial charge in [-0.1, -0.05) is 160 Å². The summed E-state index contributed by atoms with van der Waals surface area (Å²) in [6, 6.07) is 17.2. The Hall–Kier alpha value is -3.67. The van der Waals surface area contributed by atoms with Gasteiger partial charge in [0.25, 0.3) is 0 Å². The van der Waals surface area contributed by atoms with E-state index in [0.717, 1.165) is 63.7 Å². The first kappa shape index (κ1) is 46.4. The molecule has 0 saturated carbocycles. The predicted molar refractivity (Wildman–Crippen MR) is 253 cm³/mol. The minimum Gasteiger partial charge on any atom is -0.394 e. The molecule has 2 aromatic carbocycles. The van der Waals surface area contributed by atoms with E-state index in [1.54, 1.807) is 0 Å². The summed E-state index contributed by atoms with van der Waals surface area (Å²) < 4.78 is 2.51. The zero-order valence-electron chi connectivity index (χ0n) is 38.2. The van der Waals surface area contributed by atoms with Crippen molar-refractivity contribution in [1.82, 2.24) is 5.32 Å². The van der Waals surface area contributed by atoms with Crippen molar-refractivity contribution in [1.29, 1.82) is 0 Å². The van der Waals surface area contributed by atoms with Crippen LogP contribution >= 0.6 is 0 Å². The average molecular weight is 803 g/mol. The Morgan fingerprint density at radius 1 is 0.746 bits per heavy atom. The molecule has 2 heterocycles. The van der Waals surface area contributed by atoms with Gasteiger partial charge in [0.05, 0.1) is 24.2 Å². The number of allylic oxidation sites excluding steroid dienone is 8. The zero-order valence-corrected chi connectivity index (χ0v) is 38.2. The third-order valence-corrected chi connectivity index (χ3v) is 13.2. The smallest absolute Gasteiger partial charge is 0.209 e. The van der Waals surface area contributed by atoms with Gasteiger partial charge in [0.15, 0.2) is 5.71 Å². The summed E-state index contributed by atoms with van der Waals surface area (Å²) in [7, 11) is 0. The van der Waals surface area contributed by atoms with Crippen LogP contribution in [0.25, 0.3) is 0 Å². The van der Waals surface area contributed by atoms with E-state index in [1.165, 1.54) is 109 Å². The summed E-state index contributed by atoms with van der Waals surface area (Å²) in [4.78, 5) is 2.51. The number of unbranched alkanes of at least 4 members (excludes halogenated alkanes) is 11. The van der Waals surface area contributed by atoms with Gasteiger partial charge >= 0.3 is 0 Å². The molecule has 1 aliphatic carbocycles. The Morgan fingerprint density at radius 3 is 2.08 bits per heavy atom. The zero-order chi connectivity index (χ0) is 42.3. The van der Waals surface area contributed by atoms with E-state index in [9.17, 15) is 10.2 Å². The van der Waals surface area contributed by atoms with Gasteiger partial charge in [-0.3, -0.25) is 0 Å². The van der Waals surface area contributed by atoms with Crippen molar-refractivity contribution in [3.63, 3.8) is 0 Å². The summed E-state index contributed by atoms with van der Waals surface area (Å²) in [5, 5.41) is 26.1. The summed E-state index contributed by atoms with van der Waals surface area (Å²) in [5.41, 5.74) is 11.2. The number of fused-ring (bicyclic) bond motifs is 2. The molecular formula is C54H80N3O2+. The molecule has 5 nitrogen and oxygen atoms in total. The number of hydrogen-bond acceptors (Lipinski definition) is 4. The van der Waals surface area contributed by atoms with Crippen LogP contribution in [0.5, 0.6) is 0 Å². The van der Waals surface area contributed by atoms with Crippen LogP contribution in [0.15, 0.2) is 108 Å². The highest BCUT2D eigenvalue weighted by molar-refractivity contribution is 6.03. The largest absolute Gasteiger partial charge is 0.394 e. The van der Waals surface area contributed by atoms with Crippen LogP contribution in [0.4, 0.5) is 11.4 Å². The van der Waals surface area contributed by atoms with Gasteiger partial charge in [-0.2, -0.15) is 4.58 Å². The number of rotatable bonds is 24. The Labute approximate surface area is 359 Å². The minimum atomic E-state index is -0.798. The Bertz CT molecular complexity index is 1840. The third-order valence-electron chi connectivity index (χ3n) is 13.2. The van der Waals surface area contributed by atoms with Crippen molar-refractivity contribution in [3.8, 4) is 0 Å². The van der Waals surface area contributed by atoms with E-state index in [1.807, 2.05) is 6.08 Å². The molecule has 0 fully saturated rings. The molecule has 322 valence electrons. The molecule has 3 aliphatic rings. The molecule has 0 aromatic heterocycles. The first-order valence-electron chi connectivity index (χ1n) is 23.8. The lowest BCUT2D eigenvalue weighted by molar-refractivity contribution is -0.437. The molecule has 5 heteroatoms. The lowest BCUT2D eigenvalue weighted by atomic mass is 9.81. The number of anilines is 1. The van der Waals surface area contributed by atoms with E-state index in [4.69, 9.17) is 0 Å². The number of nitrogens with zero attached hydrogens (tertiary/aromatic N) is 2. The highest BCUT2D eigenvalue weighted by atomic mass is 16.3. The van der Waals surface area contributed by atoms with Crippen LogP contribution in [0.3, 0.4) is 0 Å². The number of hydrogen-bond donors (Lipinski definition) is 3. The number of nitrogens with one attached hydrogen (secondary N) is 1. The number of para-hydroxylation sites is 2. The van der Waals surface area contributed by atoms with Crippen molar-refractivity contribution in [2.45, 2.75) is 181 Å². The quantitative estimate of drug-likeness (QED) is 0.0562. The number of aliphatic hydroxyl groups is 2. The molecule has 5 rings (SSSR count). The van der Waals surface area contributed by atoms with Gasteiger partial charge in [0, 0.05) is 53.2 Å². The van der Waals surface area contributed by atoms with Crippen LogP contribution < -0.4 is 10.2 Å². The summed E-state index contributed by atoms with van der Waals surface area (Å²) >= 11 is 0. The Morgan fingerprint density at radius 2 is 1.41 bits per heavy atom. The lowest BCUT2D eigenvalue weighted by Crippen LogP contribution is -2.42. The average Bonchev–Trinajstić information content (AvgIpc) is 3.58. The maximum Gasteiger partial charge on any atom is 0.209 e. The van der Waals surface area contributed by atoms with Crippen LogP contribution in [-0.2, 0) is 10.8 Å². The number of benzene rings is 2. The topological polar surface area (TPSA) is 58.7 Å². The molecule has 2 atom stereocenters. The van der Waals surface area contributed by atoms with Crippen molar-refractivity contribution in [2.24, 2.45) is 0 Å². The van der Waals surface area contributed by atoms with Gasteiger partial charge < -0.3 is 20.4 Å². The standard InChI is InChI=1S/C54H79N3O2/c1-8-11-12-13-14-15-16-17-18-19-20-21-22-34-49(59)46(41-58)55-52-42(35-37-50-53(4,5)44-30-23-25-32-47(44)56(50)39-9-2)28-27-29-43(52)36-38-51-54(6,7)45-31-24-26-33-48(45)57(51)40-10-3/h22-26,30-38,46,49,58-59H,8-21,27-29,39-41H2,1-7H3/p+1/b34-22+,42-35?,50-37?/t46-,49+/m1/s1. The van der Waals surface area contributed by atoms with E-state index < -0.39 is 12.1 Å². The fourth-order valence-electron chi connectivity index (χ4n) is 9.73. The summed E-state index contributed by atoms with van der Waals surface area (Å²) in [5.74, 6) is 0. The van der Waals surface area contributed by atoms with Gasteiger partial charge in [-0.15, -0.1) is 0 Å². The second-order valence-electron chi connectivity index (χ2n) is 18.5. The van der Waals surface area contributed by atoms with Gasteiger partial charge in [-0.05, 0) is 81.2 Å². The molecule has 2 aliphatic heterocycles. The minimum absolute atomic E-state index is 0.123. The molecule has 0 spiro atoms. The lowest BCUT2D eigenvalue weighted by Gasteiger charge is -2.30. The van der Waals surface area contributed by atoms with Crippen LogP contribution in [0.2, 0.25) is 0 Å². The fraction of sp³-hybridized carbons (Fsp3) is 0.574. The van der Waals surface area contributed by atoms with E-state index in [2.05, 4.69) is 142 Å². The third kappa shape index (κ3) is 11.6. The molecule has 0 saturated heterocycles. The second kappa shape index (κ2) is 22.8. The Kier molecular flexibility index (Phi) is 17.9. The first-order valence-corrected chi connectivity index (χ1v) is 23.8. The SMILES string of the molecule is CCCCCCCCCCCCC/C=C/[C@H](O)[C@@H](CO)NC1=C(C=CC2=[N+](CCC)c3ccccc3C2(C)C)CCCC1=CC=C1N(CCC)c2ccccc2C1(C)C.